The van der Waals surface area contributed by atoms with Crippen LogP contribution in [-0.4, -0.2) is 29.8 Å². The first-order chi connectivity index (χ1) is 18.5. The van der Waals surface area contributed by atoms with Crippen LogP contribution in [0.1, 0.15) is 42.0 Å². The van der Waals surface area contributed by atoms with Gasteiger partial charge in [0.1, 0.15) is 11.6 Å². The second-order valence-electron chi connectivity index (χ2n) is 9.72. The Hall–Kier alpha value is -4.28. The number of carboxylic acids is 1. The molecule has 4 N–H and O–H groups in total. The number of nitrogens with one attached hydrogen (secondary N) is 1. The number of halogens is 4. The summed E-state index contributed by atoms with van der Waals surface area (Å²) in [7, 11) is 0. The molecule has 3 aromatic rings. The van der Waals surface area contributed by atoms with Crippen LogP contribution in [0.2, 0.25) is 0 Å². The van der Waals surface area contributed by atoms with E-state index in [9.17, 15) is 32.3 Å². The lowest BCUT2D eigenvalue weighted by Gasteiger charge is -2.31. The molecule has 1 aliphatic heterocycles. The lowest BCUT2D eigenvalue weighted by Crippen LogP contribution is -2.43. The summed E-state index contributed by atoms with van der Waals surface area (Å²) in [5.74, 6) is -4.51. The van der Waals surface area contributed by atoms with E-state index in [-0.39, 0.29) is 24.5 Å². The fourth-order valence-electron chi connectivity index (χ4n) is 5.33. The third-order valence-corrected chi connectivity index (χ3v) is 7.38. The Labute approximate surface area is 221 Å². The van der Waals surface area contributed by atoms with E-state index < -0.39 is 41.7 Å². The van der Waals surface area contributed by atoms with Gasteiger partial charge in [-0.1, -0.05) is 25.1 Å². The zero-order valence-electron chi connectivity index (χ0n) is 20.8. The van der Waals surface area contributed by atoms with Crippen molar-refractivity contribution in [3.05, 3.63) is 77.1 Å². The summed E-state index contributed by atoms with van der Waals surface area (Å²) < 4.78 is 61.0. The van der Waals surface area contributed by atoms with E-state index in [1.807, 2.05) is 0 Å². The van der Waals surface area contributed by atoms with Gasteiger partial charge in [0.05, 0.1) is 29.9 Å². The number of carbonyl (C=O) groups excluding carboxylic acids is 1. The summed E-state index contributed by atoms with van der Waals surface area (Å²) >= 11 is 0. The molecule has 0 saturated heterocycles. The minimum atomic E-state index is -5.14. The van der Waals surface area contributed by atoms with E-state index in [1.165, 1.54) is 43.3 Å². The Bertz CT molecular complexity index is 1460. The van der Waals surface area contributed by atoms with Crippen LogP contribution >= 0.6 is 0 Å². The topological polar surface area (TPSA) is 105 Å². The molecular formula is C28H25F4N3O4. The third-order valence-electron chi connectivity index (χ3n) is 7.38. The van der Waals surface area contributed by atoms with Crippen LogP contribution in [0.25, 0.3) is 0 Å². The number of amides is 1. The van der Waals surface area contributed by atoms with Gasteiger partial charge in [-0.25, -0.2) is 4.39 Å². The van der Waals surface area contributed by atoms with E-state index in [0.29, 0.717) is 40.2 Å². The number of nitrogens with two attached hydrogens (primary N) is 1. The van der Waals surface area contributed by atoms with Crippen molar-refractivity contribution < 1.29 is 37.0 Å². The molecule has 3 atom stereocenters. The minimum Gasteiger partial charge on any atom is -0.493 e. The second-order valence-corrected chi connectivity index (χ2v) is 9.72. The predicted molar refractivity (Wildman–Crippen MR) is 137 cm³/mol. The Morgan fingerprint density at radius 1 is 1.10 bits per heavy atom. The highest BCUT2D eigenvalue weighted by molar-refractivity contribution is 5.98. The molecule has 0 saturated carbocycles. The Morgan fingerprint density at radius 3 is 2.59 bits per heavy atom. The Balaban J connectivity index is 1.53. The van der Waals surface area contributed by atoms with Crippen molar-refractivity contribution in [3.8, 4) is 5.75 Å². The molecule has 0 radical (unpaired) electrons. The lowest BCUT2D eigenvalue weighted by atomic mass is 9.89. The smallest absolute Gasteiger partial charge is 0.471 e. The number of aliphatic carboxylic acids is 1. The molecule has 1 heterocycles. The van der Waals surface area contributed by atoms with E-state index in [4.69, 9.17) is 10.5 Å². The van der Waals surface area contributed by atoms with Crippen LogP contribution in [0.15, 0.2) is 54.6 Å². The van der Waals surface area contributed by atoms with Gasteiger partial charge in [0.25, 0.3) is 0 Å². The molecule has 204 valence electrons. The minimum absolute atomic E-state index is 0.00899. The molecule has 0 fully saturated rings. The Morgan fingerprint density at radius 2 is 1.87 bits per heavy atom. The van der Waals surface area contributed by atoms with Crippen LogP contribution < -0.4 is 20.7 Å². The van der Waals surface area contributed by atoms with E-state index >= 15 is 0 Å². The molecule has 5 rings (SSSR count). The first-order valence-corrected chi connectivity index (χ1v) is 12.3. The molecule has 1 aliphatic carbocycles. The maximum Gasteiger partial charge on any atom is 0.471 e. The lowest BCUT2D eigenvalue weighted by molar-refractivity contribution is -0.171. The summed E-state index contributed by atoms with van der Waals surface area (Å²) in [6.45, 7) is 1.61. The van der Waals surface area contributed by atoms with Gasteiger partial charge in [-0.15, -0.1) is 0 Å². The van der Waals surface area contributed by atoms with Gasteiger partial charge in [0.15, 0.2) is 0 Å². The number of hydrogen-bond acceptors (Lipinski definition) is 5. The molecule has 3 aromatic carbocycles. The van der Waals surface area contributed by atoms with Crippen molar-refractivity contribution in [1.29, 1.82) is 0 Å². The summed E-state index contributed by atoms with van der Waals surface area (Å²) in [5.41, 5.74) is 8.90. The average molecular weight is 544 g/mol. The van der Waals surface area contributed by atoms with Gasteiger partial charge in [0.2, 0.25) is 0 Å². The predicted octanol–water partition coefficient (Wildman–Crippen LogP) is 5.93. The number of fused-ring (bicyclic) bond motifs is 2. The standard InChI is InChI=1S/C28H25F4N3O4/c1-14(26(36)37)20-13-39-25-12-16(6-7-19(20)25)35(27(38)28(30,31)32)24-10-8-17-18(24)3-2-4-22(17)34-23-11-15(29)5-9-21(23)33/h2-7,9,11-12,14,20,24,34H,8,10,13,33H2,1H3,(H,36,37)/t14?,20-,24?/m0/s1. The molecule has 2 unspecified atom stereocenters. The number of alkyl halides is 3. The molecule has 7 nitrogen and oxygen atoms in total. The number of anilines is 4. The van der Waals surface area contributed by atoms with Gasteiger partial charge < -0.3 is 20.9 Å². The first-order valence-electron chi connectivity index (χ1n) is 12.3. The highest BCUT2D eigenvalue weighted by atomic mass is 19.4. The van der Waals surface area contributed by atoms with Crippen molar-refractivity contribution >= 4 is 34.6 Å². The van der Waals surface area contributed by atoms with E-state index in [2.05, 4.69) is 5.32 Å². The molecule has 1 amide bonds. The second kappa shape index (κ2) is 9.79. The number of nitrogens with zero attached hydrogens (tertiary/aromatic N) is 1. The quantitative estimate of drug-likeness (QED) is 0.263. The number of carbonyl (C=O) groups is 2. The maximum absolute atomic E-state index is 13.8. The molecule has 0 aromatic heterocycles. The van der Waals surface area contributed by atoms with Crippen molar-refractivity contribution in [1.82, 2.24) is 0 Å². The van der Waals surface area contributed by atoms with Crippen LogP contribution in [0.3, 0.4) is 0 Å². The zero-order valence-corrected chi connectivity index (χ0v) is 20.8. The monoisotopic (exact) mass is 543 g/mol. The van der Waals surface area contributed by atoms with Crippen molar-refractivity contribution in [3.63, 3.8) is 0 Å². The number of hydrogen-bond donors (Lipinski definition) is 3. The number of carboxylic acid groups (broad SMARTS) is 1. The zero-order chi connectivity index (χ0) is 28.1. The van der Waals surface area contributed by atoms with Crippen LogP contribution in [0.5, 0.6) is 5.75 Å². The van der Waals surface area contributed by atoms with Gasteiger partial charge in [-0.3, -0.25) is 14.5 Å². The van der Waals surface area contributed by atoms with Crippen molar-refractivity contribution in [2.24, 2.45) is 5.92 Å². The van der Waals surface area contributed by atoms with Gasteiger partial charge >= 0.3 is 18.1 Å². The number of nitrogen functional groups attached to an aromatic ring is 1. The number of ether oxygens (including phenoxy) is 1. The molecule has 2 aliphatic rings. The fourth-order valence-corrected chi connectivity index (χ4v) is 5.33. The Kier molecular flexibility index (Phi) is 6.61. The summed E-state index contributed by atoms with van der Waals surface area (Å²) in [6.07, 6.45) is -4.57. The average Bonchev–Trinajstić information content (AvgIpc) is 3.50. The largest absolute Gasteiger partial charge is 0.493 e. The number of rotatable bonds is 6. The van der Waals surface area contributed by atoms with Gasteiger partial charge in [0, 0.05) is 28.9 Å². The maximum atomic E-state index is 13.8. The molecule has 0 bridgehead atoms. The molecule has 0 spiro atoms. The summed E-state index contributed by atoms with van der Waals surface area (Å²) in [6, 6.07) is 12.2. The molecular weight excluding hydrogens is 518 g/mol. The van der Waals surface area contributed by atoms with Crippen molar-refractivity contribution in [2.45, 2.75) is 37.9 Å². The fraction of sp³-hybridized carbons (Fsp3) is 0.286. The van der Waals surface area contributed by atoms with Crippen LogP contribution in [0.4, 0.5) is 40.3 Å². The van der Waals surface area contributed by atoms with Crippen LogP contribution in [-0.2, 0) is 16.0 Å². The highest BCUT2D eigenvalue weighted by Gasteiger charge is 2.47. The summed E-state index contributed by atoms with van der Waals surface area (Å²) in [5, 5.41) is 12.5. The normalized spacial score (nSPS) is 18.6. The van der Waals surface area contributed by atoms with Crippen LogP contribution in [0, 0.1) is 11.7 Å². The summed E-state index contributed by atoms with van der Waals surface area (Å²) in [4.78, 5) is 25.0. The number of benzene rings is 3. The first kappa shape index (κ1) is 26.3. The van der Waals surface area contributed by atoms with E-state index in [1.54, 1.807) is 18.2 Å². The van der Waals surface area contributed by atoms with Gasteiger partial charge in [-0.05, 0) is 54.3 Å². The van der Waals surface area contributed by atoms with E-state index in [0.717, 1.165) is 4.90 Å². The van der Waals surface area contributed by atoms with Gasteiger partial charge in [-0.2, -0.15) is 13.2 Å². The van der Waals surface area contributed by atoms with Crippen molar-refractivity contribution in [2.75, 3.05) is 22.6 Å². The highest BCUT2D eigenvalue weighted by Crippen LogP contribution is 2.46. The SMILES string of the molecule is CC(C(=O)O)[C@@H]1COc2cc(N(C(=O)C(F)(F)F)C3CCc4c(Nc5cc(F)ccc5N)cccc43)ccc21. The molecule has 39 heavy (non-hydrogen) atoms. The molecule has 11 heteroatoms. The third kappa shape index (κ3) is 4.84.